The first-order chi connectivity index (χ1) is 1.41. The Bertz CT molecular complexity index is 36.4. The Hall–Kier alpha value is 3.58. The molecule has 0 aliphatic carbocycles. The second-order valence-electron chi connectivity index (χ2n) is 0.100. The van der Waals surface area contributed by atoms with Crippen molar-refractivity contribution >= 4 is 101 Å². The maximum atomic E-state index is 7.18. The van der Waals surface area contributed by atoms with E-state index in [4.69, 9.17) is 5.26 Å². The molecule has 0 aromatic heterocycles. The zero-order valence-corrected chi connectivity index (χ0v) is 4.76. The van der Waals surface area contributed by atoms with Gasteiger partial charge in [-0.2, -0.15) is 5.26 Å². The van der Waals surface area contributed by atoms with Crippen molar-refractivity contribution in [3.05, 3.63) is 0 Å². The third-order valence-corrected chi connectivity index (χ3v) is 0. The van der Waals surface area contributed by atoms with E-state index in [2.05, 4.69) is 12.6 Å². The summed E-state index contributed by atoms with van der Waals surface area (Å²) in [6.07, 6.45) is 0. The fourth-order valence-corrected chi connectivity index (χ4v) is 0. The van der Waals surface area contributed by atoms with Crippen molar-refractivity contribution < 1.29 is 22.4 Å². The van der Waals surface area contributed by atoms with Gasteiger partial charge in [0.25, 0.3) is 0 Å². The number of hydrogen-bond donors (Lipinski definition) is 1. The number of thiol groups is 1. The Labute approximate surface area is 131 Å². The quantitative estimate of drug-likeness (QED) is 0.325. The van der Waals surface area contributed by atoms with Crippen molar-refractivity contribution in [3.63, 3.8) is 0 Å². The van der Waals surface area contributed by atoms with E-state index in [9.17, 15) is 0 Å². The van der Waals surface area contributed by atoms with Crippen LogP contribution in [0, 0.1) is 10.7 Å². The predicted octanol–water partition coefficient (Wildman–Crippen LogP) is -1.55. The van der Waals surface area contributed by atoms with E-state index in [0.29, 0.717) is 0 Å². The molecule has 0 aliphatic rings. The molecule has 0 rings (SSSR count). The number of thiocyanates is 1. The van der Waals surface area contributed by atoms with Crippen molar-refractivity contribution in [1.82, 2.24) is 0 Å². The van der Waals surface area contributed by atoms with Gasteiger partial charge < -0.3 is 0 Å². The summed E-state index contributed by atoms with van der Waals surface area (Å²) in [5, 5.41) is 8.63. The van der Waals surface area contributed by atoms with Crippen LogP contribution < -0.4 is 0 Å². The van der Waals surface area contributed by atoms with E-state index in [1.807, 2.05) is 0 Å². The molecule has 0 heterocycles. The summed E-state index contributed by atoms with van der Waals surface area (Å²) in [5.74, 6) is 0. The Morgan fingerprint density at radius 1 is 1.14 bits per heavy atom. The van der Waals surface area contributed by atoms with Gasteiger partial charge in [0.2, 0.25) is 0 Å². The molecule has 0 saturated carbocycles. The summed E-state index contributed by atoms with van der Waals surface area (Å²) < 4.78 is 0. The molecule has 0 spiro atoms. The molecule has 7 heavy (non-hydrogen) atoms. The zero-order valence-electron chi connectivity index (χ0n) is 1.70. The van der Waals surface area contributed by atoms with Crippen LogP contribution in [0.5, 0.6) is 0 Å². The average molecular weight is 328 g/mol. The fourth-order valence-electron chi connectivity index (χ4n) is 0. The van der Waals surface area contributed by atoms with E-state index in [1.165, 1.54) is 5.40 Å². The topological polar surface area (TPSA) is 23.8 Å². The molecule has 1 radical (unpaired) electrons. The van der Waals surface area contributed by atoms with E-state index in [0.717, 1.165) is 0 Å². The van der Waals surface area contributed by atoms with E-state index in [1.54, 1.807) is 0 Å². The van der Waals surface area contributed by atoms with Crippen LogP contribution in [0.3, 0.4) is 0 Å². The normalized spacial score (nSPS) is 1.14. The van der Waals surface area contributed by atoms with Crippen LogP contribution in [0.2, 0.25) is 0 Å². The van der Waals surface area contributed by atoms with Crippen molar-refractivity contribution in [3.8, 4) is 5.40 Å². The number of nitriles is 1. The van der Waals surface area contributed by atoms with Gasteiger partial charge in [0.15, 0.2) is 0 Å². The Kier molecular flexibility index (Phi) is 150. The minimum absolute atomic E-state index is 0. The van der Waals surface area contributed by atoms with Crippen LogP contribution in [0.15, 0.2) is 0 Å². The first-order valence-corrected chi connectivity index (χ1v) is 0.894. The molecular formula is CH4AuNNa3S. The molecule has 0 N–H and O–H groups in total. The van der Waals surface area contributed by atoms with Crippen LogP contribution in [0.25, 0.3) is 0 Å². The van der Waals surface area contributed by atoms with Crippen molar-refractivity contribution in [2.24, 2.45) is 0 Å². The molecule has 0 bridgehead atoms. The molecule has 1 nitrogen and oxygen atoms in total. The molecule has 0 amide bonds. The third-order valence-electron chi connectivity index (χ3n) is 0. The first kappa shape index (κ1) is 31.2. The predicted molar refractivity (Wildman–Crippen MR) is 36.0 cm³/mol. The van der Waals surface area contributed by atoms with Gasteiger partial charge in [-0.1, -0.05) is 12.6 Å². The summed E-state index contributed by atoms with van der Waals surface area (Å²) in [5.41, 5.74) is 0. The van der Waals surface area contributed by atoms with Crippen molar-refractivity contribution in [2.45, 2.75) is 0 Å². The Balaban J connectivity index is -0.00000000333. The summed E-state index contributed by atoms with van der Waals surface area (Å²) in [6, 6.07) is 0. The molecule has 6 heteroatoms. The third kappa shape index (κ3) is 42.9. The van der Waals surface area contributed by atoms with E-state index < -0.39 is 0 Å². The molecule has 0 atom stereocenters. The van der Waals surface area contributed by atoms with Gasteiger partial charge in [-0.15, -0.1) is 0 Å². The van der Waals surface area contributed by atoms with Gasteiger partial charge >= 0.3 is 88.7 Å². The average Bonchev–Trinajstić information content (AvgIpc) is 0.918. The van der Waals surface area contributed by atoms with Crippen LogP contribution in [-0.4, -0.2) is 88.7 Å². The van der Waals surface area contributed by atoms with Gasteiger partial charge in [0, 0.05) is 22.4 Å². The molecule has 0 fully saturated rings. The summed E-state index contributed by atoms with van der Waals surface area (Å²) in [6.45, 7) is 0. The summed E-state index contributed by atoms with van der Waals surface area (Å²) in [4.78, 5) is 0. The SMILES string of the molecule is N#CS.[Au].[NaH].[NaH].[NaH]. The van der Waals surface area contributed by atoms with E-state index >= 15 is 0 Å². The van der Waals surface area contributed by atoms with Crippen molar-refractivity contribution in [2.75, 3.05) is 0 Å². The van der Waals surface area contributed by atoms with Gasteiger partial charge in [0.1, 0.15) is 5.40 Å². The zero-order chi connectivity index (χ0) is 2.71. The Morgan fingerprint density at radius 3 is 1.14 bits per heavy atom. The molecule has 0 aliphatic heterocycles. The van der Waals surface area contributed by atoms with Crippen molar-refractivity contribution in [1.29, 1.82) is 5.26 Å². The number of rotatable bonds is 0. The molecule has 0 aromatic rings. The summed E-state index contributed by atoms with van der Waals surface area (Å²) >= 11 is 3.09. The minimum atomic E-state index is 0. The van der Waals surface area contributed by atoms with Gasteiger partial charge in [0.05, 0.1) is 0 Å². The molecule has 33 valence electrons. The molecule has 0 aromatic carbocycles. The monoisotopic (exact) mass is 328 g/mol. The summed E-state index contributed by atoms with van der Waals surface area (Å²) in [7, 11) is 0. The molecular weight excluding hydrogens is 324 g/mol. The number of hydrogen-bond acceptors (Lipinski definition) is 2. The van der Waals surface area contributed by atoms with Gasteiger partial charge in [-0.25, -0.2) is 0 Å². The van der Waals surface area contributed by atoms with Crippen LogP contribution in [0.1, 0.15) is 0 Å². The first-order valence-electron chi connectivity index (χ1n) is 0.447. The fraction of sp³-hybridized carbons (Fsp3) is 0. The second kappa shape index (κ2) is 33.6. The van der Waals surface area contributed by atoms with Crippen LogP contribution >= 0.6 is 12.6 Å². The molecule has 0 unspecified atom stereocenters. The maximum absolute atomic E-state index is 7.18. The van der Waals surface area contributed by atoms with Crippen LogP contribution in [0.4, 0.5) is 0 Å². The van der Waals surface area contributed by atoms with E-state index in [-0.39, 0.29) is 111 Å². The van der Waals surface area contributed by atoms with Gasteiger partial charge in [-0.3, -0.25) is 0 Å². The second-order valence-corrected chi connectivity index (χ2v) is 0.300. The Morgan fingerprint density at radius 2 is 1.14 bits per heavy atom. The van der Waals surface area contributed by atoms with Crippen LogP contribution in [-0.2, 0) is 22.4 Å². The van der Waals surface area contributed by atoms with Gasteiger partial charge in [-0.05, 0) is 0 Å². The standard InChI is InChI=1S/CHNS.Au.3Na.3H/c2-1-3;;;;;;;/h3H;;;;;;;. The molecule has 0 saturated heterocycles. The number of nitrogens with zero attached hydrogens (tertiary/aromatic N) is 1.